The van der Waals surface area contributed by atoms with Crippen LogP contribution in [0.4, 0.5) is 0 Å². The van der Waals surface area contributed by atoms with Gasteiger partial charge in [-0.1, -0.05) is 52.9 Å². The molecule has 0 N–H and O–H groups in total. The predicted molar refractivity (Wildman–Crippen MR) is 64.7 cm³/mol. The number of unbranched alkanes of at least 4 members (excludes halogenated alkanes) is 3. The summed E-state index contributed by atoms with van der Waals surface area (Å²) in [7, 11) is 0. The maximum atomic E-state index is 5.23. The lowest BCUT2D eigenvalue weighted by Gasteiger charge is -2.13. The summed E-state index contributed by atoms with van der Waals surface area (Å²) in [6, 6.07) is 0. The minimum atomic E-state index is 0.677. The van der Waals surface area contributed by atoms with Crippen molar-refractivity contribution in [2.75, 3.05) is 13.2 Å². The summed E-state index contributed by atoms with van der Waals surface area (Å²) < 4.78 is 0. The fourth-order valence-electron chi connectivity index (χ4n) is 1.51. The molecule has 0 aliphatic heterocycles. The van der Waals surface area contributed by atoms with E-state index in [0.29, 0.717) is 5.92 Å². The molecule has 0 radical (unpaired) electrons. The third-order valence-corrected chi connectivity index (χ3v) is 2.76. The van der Waals surface area contributed by atoms with Gasteiger partial charge in [-0.05, 0) is 18.8 Å². The Morgan fingerprint density at radius 1 is 0.867 bits per heavy atom. The summed E-state index contributed by atoms with van der Waals surface area (Å²) in [6.07, 6.45) is 8.62. The standard InChI is InChI=1S/C13H28O2/c1-4-7-9-11-14-15-12-13(6-3)10-8-5-2/h13H,4-12H2,1-3H3. The van der Waals surface area contributed by atoms with Crippen molar-refractivity contribution in [1.29, 1.82) is 0 Å². The lowest BCUT2D eigenvalue weighted by Crippen LogP contribution is -2.09. The molecule has 2 nitrogen and oxygen atoms in total. The highest BCUT2D eigenvalue weighted by Gasteiger charge is 2.05. The van der Waals surface area contributed by atoms with Crippen LogP contribution in [0.25, 0.3) is 0 Å². The molecule has 15 heavy (non-hydrogen) atoms. The second-order valence-electron chi connectivity index (χ2n) is 4.23. The smallest absolute Gasteiger partial charge is 0.0850 e. The van der Waals surface area contributed by atoms with E-state index in [0.717, 1.165) is 19.6 Å². The molecule has 0 bridgehead atoms. The molecule has 2 heteroatoms. The predicted octanol–water partition coefficient (Wildman–Crippen LogP) is 4.34. The molecule has 0 amide bonds. The van der Waals surface area contributed by atoms with E-state index in [1.54, 1.807) is 0 Å². The minimum absolute atomic E-state index is 0.677. The topological polar surface area (TPSA) is 18.5 Å². The van der Waals surface area contributed by atoms with Crippen LogP contribution in [0.15, 0.2) is 0 Å². The van der Waals surface area contributed by atoms with E-state index in [9.17, 15) is 0 Å². The van der Waals surface area contributed by atoms with Gasteiger partial charge in [0.15, 0.2) is 0 Å². The second-order valence-corrected chi connectivity index (χ2v) is 4.23. The van der Waals surface area contributed by atoms with Crippen LogP contribution in [-0.2, 0) is 9.78 Å². The first-order valence-electron chi connectivity index (χ1n) is 6.59. The molecule has 0 heterocycles. The van der Waals surface area contributed by atoms with Crippen molar-refractivity contribution in [2.45, 2.75) is 65.7 Å². The van der Waals surface area contributed by atoms with Gasteiger partial charge in [0.25, 0.3) is 0 Å². The first-order valence-corrected chi connectivity index (χ1v) is 6.59. The Morgan fingerprint density at radius 3 is 2.20 bits per heavy atom. The van der Waals surface area contributed by atoms with Gasteiger partial charge >= 0.3 is 0 Å². The Hall–Kier alpha value is -0.0800. The maximum absolute atomic E-state index is 5.23. The molecule has 0 spiro atoms. The van der Waals surface area contributed by atoms with Crippen molar-refractivity contribution in [3.8, 4) is 0 Å². The van der Waals surface area contributed by atoms with Crippen molar-refractivity contribution in [1.82, 2.24) is 0 Å². The first kappa shape index (κ1) is 14.9. The van der Waals surface area contributed by atoms with Crippen LogP contribution >= 0.6 is 0 Å². The zero-order valence-electron chi connectivity index (χ0n) is 10.8. The fourth-order valence-corrected chi connectivity index (χ4v) is 1.51. The summed E-state index contributed by atoms with van der Waals surface area (Å²) >= 11 is 0. The largest absolute Gasteiger partial charge is 0.237 e. The number of hydrogen-bond donors (Lipinski definition) is 0. The molecule has 0 rings (SSSR count). The monoisotopic (exact) mass is 216 g/mol. The summed E-state index contributed by atoms with van der Waals surface area (Å²) in [5, 5.41) is 0. The molecule has 1 unspecified atom stereocenters. The molecular weight excluding hydrogens is 188 g/mol. The molecule has 0 aliphatic rings. The van der Waals surface area contributed by atoms with Crippen LogP contribution in [0, 0.1) is 5.92 Å². The molecule has 1 atom stereocenters. The SMILES string of the molecule is CCCCCOOCC(CC)CCCC. The van der Waals surface area contributed by atoms with Gasteiger partial charge in [-0.25, -0.2) is 9.78 Å². The van der Waals surface area contributed by atoms with Crippen LogP contribution in [0.3, 0.4) is 0 Å². The lowest BCUT2D eigenvalue weighted by molar-refractivity contribution is -0.302. The molecular formula is C13H28O2. The first-order chi connectivity index (χ1) is 7.35. The highest BCUT2D eigenvalue weighted by molar-refractivity contribution is 4.54. The zero-order valence-corrected chi connectivity index (χ0v) is 10.8. The molecule has 0 saturated heterocycles. The minimum Gasteiger partial charge on any atom is -0.237 e. The Labute approximate surface area is 95.3 Å². The van der Waals surface area contributed by atoms with Crippen LogP contribution in [-0.4, -0.2) is 13.2 Å². The van der Waals surface area contributed by atoms with Crippen molar-refractivity contribution < 1.29 is 9.78 Å². The summed E-state index contributed by atoms with van der Waals surface area (Å²) in [4.78, 5) is 10.4. The average Bonchev–Trinajstić information content (AvgIpc) is 2.27. The van der Waals surface area contributed by atoms with Crippen LogP contribution in [0.5, 0.6) is 0 Å². The summed E-state index contributed by atoms with van der Waals surface area (Å²) in [5.41, 5.74) is 0. The van der Waals surface area contributed by atoms with E-state index < -0.39 is 0 Å². The van der Waals surface area contributed by atoms with Gasteiger partial charge in [0.2, 0.25) is 0 Å². The van der Waals surface area contributed by atoms with Gasteiger partial charge in [0.1, 0.15) is 0 Å². The third kappa shape index (κ3) is 10.2. The quantitative estimate of drug-likeness (QED) is 0.290. The van der Waals surface area contributed by atoms with Crippen molar-refractivity contribution >= 4 is 0 Å². The van der Waals surface area contributed by atoms with Crippen LogP contribution in [0.1, 0.15) is 65.7 Å². The van der Waals surface area contributed by atoms with Gasteiger partial charge in [0.05, 0.1) is 13.2 Å². The van der Waals surface area contributed by atoms with Gasteiger partial charge in [-0.3, -0.25) is 0 Å². The molecule has 0 aromatic carbocycles. The van der Waals surface area contributed by atoms with E-state index in [1.165, 1.54) is 38.5 Å². The number of rotatable bonds is 11. The molecule has 92 valence electrons. The lowest BCUT2D eigenvalue weighted by atomic mass is 10.0. The van der Waals surface area contributed by atoms with Gasteiger partial charge in [-0.2, -0.15) is 0 Å². The van der Waals surface area contributed by atoms with Gasteiger partial charge < -0.3 is 0 Å². The Morgan fingerprint density at radius 2 is 1.60 bits per heavy atom. The highest BCUT2D eigenvalue weighted by Crippen LogP contribution is 2.12. The fraction of sp³-hybridized carbons (Fsp3) is 1.00. The molecule has 0 fully saturated rings. The van der Waals surface area contributed by atoms with E-state index in [2.05, 4.69) is 20.8 Å². The van der Waals surface area contributed by atoms with Crippen LogP contribution in [0.2, 0.25) is 0 Å². The zero-order chi connectivity index (χ0) is 11.4. The molecule has 0 aromatic heterocycles. The Bertz CT molecular complexity index is 115. The Balaban J connectivity index is 3.22. The third-order valence-electron chi connectivity index (χ3n) is 2.76. The van der Waals surface area contributed by atoms with Crippen molar-refractivity contribution in [3.05, 3.63) is 0 Å². The normalized spacial score (nSPS) is 13.0. The highest BCUT2D eigenvalue weighted by atomic mass is 17.2. The maximum Gasteiger partial charge on any atom is 0.0850 e. The van der Waals surface area contributed by atoms with E-state index in [-0.39, 0.29) is 0 Å². The summed E-state index contributed by atoms with van der Waals surface area (Å²) in [5.74, 6) is 0.677. The van der Waals surface area contributed by atoms with Gasteiger partial charge in [-0.15, -0.1) is 0 Å². The molecule has 0 saturated carbocycles. The van der Waals surface area contributed by atoms with Gasteiger partial charge in [0, 0.05) is 0 Å². The second kappa shape index (κ2) is 12.0. The number of hydrogen-bond acceptors (Lipinski definition) is 2. The Kier molecular flexibility index (Phi) is 11.9. The summed E-state index contributed by atoms with van der Waals surface area (Å²) in [6.45, 7) is 8.16. The van der Waals surface area contributed by atoms with E-state index >= 15 is 0 Å². The average molecular weight is 216 g/mol. The van der Waals surface area contributed by atoms with Crippen molar-refractivity contribution in [2.24, 2.45) is 5.92 Å². The van der Waals surface area contributed by atoms with Crippen molar-refractivity contribution in [3.63, 3.8) is 0 Å². The molecule has 0 aliphatic carbocycles. The van der Waals surface area contributed by atoms with E-state index in [4.69, 9.17) is 9.78 Å². The van der Waals surface area contributed by atoms with E-state index in [1.807, 2.05) is 0 Å². The van der Waals surface area contributed by atoms with Crippen LogP contribution < -0.4 is 0 Å². The molecule has 0 aromatic rings.